The molecule has 2 rings (SSSR count). The Morgan fingerprint density at radius 1 is 1.30 bits per heavy atom. The molecule has 1 unspecified atom stereocenters. The van der Waals surface area contributed by atoms with Crippen molar-refractivity contribution in [3.05, 3.63) is 35.5 Å². The van der Waals surface area contributed by atoms with Crippen LogP contribution in [0.4, 0.5) is 13.2 Å². The minimum atomic E-state index is -1.56. The maximum absolute atomic E-state index is 13.1. The van der Waals surface area contributed by atoms with Crippen LogP contribution in [0.3, 0.4) is 0 Å². The van der Waals surface area contributed by atoms with Gasteiger partial charge in [-0.05, 0) is 12.1 Å². The summed E-state index contributed by atoms with van der Waals surface area (Å²) in [4.78, 5) is 3.87. The first-order valence-corrected chi connectivity index (χ1v) is 5.65. The molecule has 2 aromatic rings. The fourth-order valence-electron chi connectivity index (χ4n) is 1.59. The molecule has 1 N–H and O–H groups in total. The highest BCUT2D eigenvalue weighted by molar-refractivity contribution is 5.54. The summed E-state index contributed by atoms with van der Waals surface area (Å²) < 4.78 is 48.6. The number of rotatable bonds is 5. The van der Waals surface area contributed by atoms with E-state index in [9.17, 15) is 18.3 Å². The fraction of sp³-hybridized carbons (Fsp3) is 0.333. The van der Waals surface area contributed by atoms with E-state index in [0.29, 0.717) is 0 Å². The summed E-state index contributed by atoms with van der Waals surface area (Å²) in [7, 11) is 1.42. The van der Waals surface area contributed by atoms with Crippen molar-refractivity contribution in [3.8, 4) is 11.4 Å². The molecule has 20 heavy (non-hydrogen) atoms. The van der Waals surface area contributed by atoms with E-state index in [4.69, 9.17) is 9.26 Å². The van der Waals surface area contributed by atoms with Gasteiger partial charge in [-0.2, -0.15) is 4.98 Å². The number of aliphatic hydroxyl groups is 1. The minimum Gasteiger partial charge on any atom is -0.390 e. The number of ether oxygens (including phenoxy) is 1. The molecule has 108 valence electrons. The van der Waals surface area contributed by atoms with Crippen LogP contribution in [0.2, 0.25) is 0 Å². The first kappa shape index (κ1) is 14.5. The molecule has 0 aliphatic rings. The number of hydrogen-bond donors (Lipinski definition) is 1. The van der Waals surface area contributed by atoms with Crippen LogP contribution >= 0.6 is 0 Å². The Morgan fingerprint density at radius 3 is 2.55 bits per heavy atom. The molecule has 0 radical (unpaired) electrons. The number of benzene rings is 1. The second-order valence-electron chi connectivity index (χ2n) is 4.08. The number of nitrogens with zero attached hydrogens (tertiary/aromatic N) is 2. The lowest BCUT2D eigenvalue weighted by Crippen LogP contribution is -2.17. The monoisotopic (exact) mass is 288 g/mol. The minimum absolute atomic E-state index is 0.0347. The fourth-order valence-corrected chi connectivity index (χ4v) is 1.59. The maximum atomic E-state index is 13.1. The van der Waals surface area contributed by atoms with E-state index < -0.39 is 23.6 Å². The van der Waals surface area contributed by atoms with Crippen LogP contribution in [0.5, 0.6) is 0 Å². The number of aliphatic hydroxyl groups excluding tert-OH is 1. The molecule has 1 aromatic heterocycles. The van der Waals surface area contributed by atoms with Gasteiger partial charge in [0.1, 0.15) is 0 Å². The van der Waals surface area contributed by atoms with Crippen LogP contribution in [-0.2, 0) is 11.2 Å². The first-order chi connectivity index (χ1) is 9.51. The van der Waals surface area contributed by atoms with Crippen LogP contribution in [0, 0.1) is 17.5 Å². The number of halogens is 3. The van der Waals surface area contributed by atoms with Crippen molar-refractivity contribution in [2.45, 2.75) is 12.5 Å². The summed E-state index contributed by atoms with van der Waals surface area (Å²) >= 11 is 0. The van der Waals surface area contributed by atoms with Crippen molar-refractivity contribution < 1.29 is 27.5 Å². The molecule has 0 amide bonds. The summed E-state index contributed by atoms with van der Waals surface area (Å²) in [5, 5.41) is 13.0. The molecular formula is C12H11F3N2O3. The molecule has 1 atom stereocenters. The van der Waals surface area contributed by atoms with Gasteiger partial charge in [0.15, 0.2) is 17.5 Å². The predicted molar refractivity (Wildman–Crippen MR) is 61.2 cm³/mol. The van der Waals surface area contributed by atoms with Gasteiger partial charge in [-0.1, -0.05) is 5.16 Å². The molecule has 0 saturated carbocycles. The highest BCUT2D eigenvalue weighted by Crippen LogP contribution is 2.21. The van der Waals surface area contributed by atoms with E-state index >= 15 is 0 Å². The summed E-state index contributed by atoms with van der Waals surface area (Å²) in [6.07, 6.45) is -0.803. The smallest absolute Gasteiger partial charge is 0.229 e. The molecule has 0 fully saturated rings. The van der Waals surface area contributed by atoms with Gasteiger partial charge in [0.2, 0.25) is 11.7 Å². The van der Waals surface area contributed by atoms with Crippen molar-refractivity contribution in [1.29, 1.82) is 0 Å². The largest absolute Gasteiger partial charge is 0.390 e. The summed E-state index contributed by atoms with van der Waals surface area (Å²) in [5.74, 6) is -4.26. The first-order valence-electron chi connectivity index (χ1n) is 5.65. The summed E-state index contributed by atoms with van der Waals surface area (Å²) in [6.45, 7) is 0.0809. The molecular weight excluding hydrogens is 277 g/mol. The Kier molecular flexibility index (Phi) is 4.35. The third kappa shape index (κ3) is 3.14. The highest BCUT2D eigenvalue weighted by atomic mass is 19.2. The Morgan fingerprint density at radius 2 is 1.95 bits per heavy atom. The number of hydrogen-bond acceptors (Lipinski definition) is 5. The van der Waals surface area contributed by atoms with E-state index in [1.807, 2.05) is 0 Å². The van der Waals surface area contributed by atoms with Crippen LogP contribution in [0.1, 0.15) is 5.89 Å². The lowest BCUT2D eigenvalue weighted by Gasteiger charge is -2.04. The second kappa shape index (κ2) is 6.02. The van der Waals surface area contributed by atoms with Gasteiger partial charge in [-0.25, -0.2) is 13.2 Å². The van der Waals surface area contributed by atoms with E-state index in [2.05, 4.69) is 10.1 Å². The summed E-state index contributed by atoms with van der Waals surface area (Å²) in [5.41, 5.74) is -0.0577. The molecule has 0 bridgehead atoms. The van der Waals surface area contributed by atoms with Crippen LogP contribution < -0.4 is 0 Å². The Balaban J connectivity index is 2.20. The maximum Gasteiger partial charge on any atom is 0.229 e. The van der Waals surface area contributed by atoms with Crippen LogP contribution in [-0.4, -0.2) is 35.1 Å². The average molecular weight is 288 g/mol. The second-order valence-corrected chi connectivity index (χ2v) is 4.08. The van der Waals surface area contributed by atoms with Crippen LogP contribution in [0.25, 0.3) is 11.4 Å². The standard InChI is InChI=1S/C12H11F3N2O3/c1-19-5-7(18)4-10-16-12(17-20-10)6-2-8(13)11(15)9(14)3-6/h2-3,7,18H,4-5H2,1H3. The molecule has 8 heteroatoms. The average Bonchev–Trinajstić information content (AvgIpc) is 2.84. The van der Waals surface area contributed by atoms with Crippen LogP contribution in [0.15, 0.2) is 16.7 Å². The van der Waals surface area contributed by atoms with Crippen molar-refractivity contribution in [1.82, 2.24) is 10.1 Å². The SMILES string of the molecule is COCC(O)Cc1nc(-c2cc(F)c(F)c(F)c2)no1. The topological polar surface area (TPSA) is 68.4 Å². The van der Waals surface area contributed by atoms with Crippen molar-refractivity contribution in [2.75, 3.05) is 13.7 Å². The van der Waals surface area contributed by atoms with Gasteiger partial charge in [-0.3, -0.25) is 0 Å². The third-order valence-corrected chi connectivity index (χ3v) is 2.48. The molecule has 0 saturated heterocycles. The van der Waals surface area contributed by atoms with Gasteiger partial charge in [0.05, 0.1) is 19.1 Å². The molecule has 0 spiro atoms. The third-order valence-electron chi connectivity index (χ3n) is 2.48. The van der Waals surface area contributed by atoms with Crippen molar-refractivity contribution in [3.63, 3.8) is 0 Å². The Labute approximate surface area is 112 Å². The highest BCUT2D eigenvalue weighted by Gasteiger charge is 2.17. The zero-order valence-electron chi connectivity index (χ0n) is 10.4. The van der Waals surface area contributed by atoms with Crippen molar-refractivity contribution >= 4 is 0 Å². The number of aromatic nitrogens is 2. The van der Waals surface area contributed by atoms with Gasteiger partial charge < -0.3 is 14.4 Å². The van der Waals surface area contributed by atoms with E-state index in [1.54, 1.807) is 0 Å². The van der Waals surface area contributed by atoms with Gasteiger partial charge in [0, 0.05) is 12.7 Å². The van der Waals surface area contributed by atoms with Gasteiger partial charge in [-0.15, -0.1) is 0 Å². The van der Waals surface area contributed by atoms with Crippen molar-refractivity contribution in [2.24, 2.45) is 0 Å². The summed E-state index contributed by atoms with van der Waals surface area (Å²) in [6, 6.07) is 1.53. The van der Waals surface area contributed by atoms with Gasteiger partial charge in [0.25, 0.3) is 0 Å². The number of methoxy groups -OCH3 is 1. The normalized spacial score (nSPS) is 12.7. The zero-order valence-corrected chi connectivity index (χ0v) is 10.4. The van der Waals surface area contributed by atoms with E-state index in [0.717, 1.165) is 12.1 Å². The predicted octanol–water partition coefficient (Wildman–Crippen LogP) is 1.70. The Hall–Kier alpha value is -1.93. The Bertz CT molecular complexity index is 580. The molecule has 5 nitrogen and oxygen atoms in total. The van der Waals surface area contributed by atoms with E-state index in [-0.39, 0.29) is 30.3 Å². The molecule has 0 aliphatic carbocycles. The molecule has 1 aromatic carbocycles. The van der Waals surface area contributed by atoms with E-state index in [1.165, 1.54) is 7.11 Å². The quantitative estimate of drug-likeness (QED) is 0.848. The lowest BCUT2D eigenvalue weighted by atomic mass is 10.2. The lowest BCUT2D eigenvalue weighted by molar-refractivity contribution is 0.0599. The molecule has 0 aliphatic heterocycles. The van der Waals surface area contributed by atoms with Gasteiger partial charge >= 0.3 is 0 Å². The molecule has 1 heterocycles. The zero-order chi connectivity index (χ0) is 14.7.